The van der Waals surface area contributed by atoms with Crippen molar-refractivity contribution in [1.82, 2.24) is 20.2 Å². The van der Waals surface area contributed by atoms with E-state index in [4.69, 9.17) is 11.6 Å². The molecule has 2 aromatic heterocycles. The highest BCUT2D eigenvalue weighted by atomic mass is 35.5. The molecule has 0 aliphatic carbocycles. The Morgan fingerprint density at radius 2 is 2.29 bits per heavy atom. The highest BCUT2D eigenvalue weighted by Crippen LogP contribution is 2.13. The minimum atomic E-state index is 0.471. The molecule has 0 fully saturated rings. The largest absolute Gasteiger partial charge is 0.366 e. The SMILES string of the molecule is CCCc1nc(Cl)cc(NCc2cn[nH]c2)n1. The van der Waals surface area contributed by atoms with E-state index in [1.54, 1.807) is 12.3 Å². The maximum atomic E-state index is 5.94. The Labute approximate surface area is 105 Å². The summed E-state index contributed by atoms with van der Waals surface area (Å²) in [6, 6.07) is 1.72. The number of H-pyrrole nitrogens is 1. The van der Waals surface area contributed by atoms with Crippen molar-refractivity contribution in [3.8, 4) is 0 Å². The molecule has 2 N–H and O–H groups in total. The zero-order valence-electron chi connectivity index (χ0n) is 9.57. The van der Waals surface area contributed by atoms with Gasteiger partial charge in [-0.3, -0.25) is 5.10 Å². The van der Waals surface area contributed by atoms with E-state index < -0.39 is 0 Å². The van der Waals surface area contributed by atoms with Gasteiger partial charge in [0.05, 0.1) is 6.20 Å². The van der Waals surface area contributed by atoms with Crippen molar-refractivity contribution in [2.24, 2.45) is 0 Å². The molecule has 0 bridgehead atoms. The van der Waals surface area contributed by atoms with E-state index in [-0.39, 0.29) is 0 Å². The smallest absolute Gasteiger partial charge is 0.134 e. The number of aromatic amines is 1. The maximum Gasteiger partial charge on any atom is 0.134 e. The molecule has 5 nitrogen and oxygen atoms in total. The van der Waals surface area contributed by atoms with Crippen LogP contribution >= 0.6 is 11.6 Å². The summed E-state index contributed by atoms with van der Waals surface area (Å²) in [5.74, 6) is 1.52. The van der Waals surface area contributed by atoms with Crippen LogP contribution in [0.25, 0.3) is 0 Å². The van der Waals surface area contributed by atoms with Crippen molar-refractivity contribution in [1.29, 1.82) is 0 Å². The number of aromatic nitrogens is 4. The third-order valence-electron chi connectivity index (χ3n) is 2.24. The number of nitrogens with one attached hydrogen (secondary N) is 2. The summed E-state index contributed by atoms with van der Waals surface area (Å²) in [4.78, 5) is 8.55. The maximum absolute atomic E-state index is 5.94. The lowest BCUT2D eigenvalue weighted by Gasteiger charge is -2.06. The molecular weight excluding hydrogens is 238 g/mol. The van der Waals surface area contributed by atoms with Crippen LogP contribution in [0.1, 0.15) is 24.7 Å². The summed E-state index contributed by atoms with van der Waals surface area (Å²) < 4.78 is 0. The number of aryl methyl sites for hydroxylation is 1. The lowest BCUT2D eigenvalue weighted by atomic mass is 10.3. The van der Waals surface area contributed by atoms with Crippen LogP contribution in [0.15, 0.2) is 18.5 Å². The van der Waals surface area contributed by atoms with Gasteiger partial charge < -0.3 is 5.32 Å². The molecule has 0 aliphatic rings. The summed E-state index contributed by atoms with van der Waals surface area (Å²) in [7, 11) is 0. The zero-order valence-corrected chi connectivity index (χ0v) is 10.3. The first-order chi connectivity index (χ1) is 8.28. The number of hydrogen-bond acceptors (Lipinski definition) is 4. The number of anilines is 1. The van der Waals surface area contributed by atoms with Crippen LogP contribution in [0.3, 0.4) is 0 Å². The molecule has 0 spiro atoms. The molecule has 0 amide bonds. The van der Waals surface area contributed by atoms with Gasteiger partial charge in [-0.1, -0.05) is 18.5 Å². The van der Waals surface area contributed by atoms with Crippen LogP contribution in [0.2, 0.25) is 5.15 Å². The highest BCUT2D eigenvalue weighted by molar-refractivity contribution is 6.29. The molecule has 0 aliphatic heterocycles. The second-order valence-electron chi connectivity index (χ2n) is 3.70. The molecule has 6 heteroatoms. The van der Waals surface area contributed by atoms with Gasteiger partial charge in [-0.2, -0.15) is 5.10 Å². The van der Waals surface area contributed by atoms with Crippen molar-refractivity contribution in [2.75, 3.05) is 5.32 Å². The van der Waals surface area contributed by atoms with Crippen LogP contribution in [0.5, 0.6) is 0 Å². The standard InChI is InChI=1S/C11H14ClN5/c1-2-3-10-16-9(12)4-11(17-10)13-5-8-6-14-15-7-8/h4,6-7H,2-3,5H2,1H3,(H,14,15)(H,13,16,17). The van der Waals surface area contributed by atoms with Crippen molar-refractivity contribution >= 4 is 17.4 Å². The van der Waals surface area contributed by atoms with E-state index in [0.717, 1.165) is 30.0 Å². The van der Waals surface area contributed by atoms with Crippen LogP contribution in [0.4, 0.5) is 5.82 Å². The molecule has 2 heterocycles. The van der Waals surface area contributed by atoms with Crippen molar-refractivity contribution < 1.29 is 0 Å². The molecular formula is C11H14ClN5. The molecule has 0 unspecified atom stereocenters. The lowest BCUT2D eigenvalue weighted by Crippen LogP contribution is -2.04. The summed E-state index contributed by atoms with van der Waals surface area (Å²) in [6.45, 7) is 2.75. The second-order valence-corrected chi connectivity index (χ2v) is 4.09. The molecule has 0 atom stereocenters. The van der Waals surface area contributed by atoms with E-state index >= 15 is 0 Å². The summed E-state index contributed by atoms with van der Waals surface area (Å²) in [6.07, 6.45) is 5.44. The van der Waals surface area contributed by atoms with E-state index in [9.17, 15) is 0 Å². The van der Waals surface area contributed by atoms with Gasteiger partial charge in [0.25, 0.3) is 0 Å². The van der Waals surface area contributed by atoms with Crippen LogP contribution in [-0.4, -0.2) is 20.2 Å². The van der Waals surface area contributed by atoms with E-state index in [2.05, 4.69) is 32.4 Å². The molecule has 17 heavy (non-hydrogen) atoms. The average molecular weight is 252 g/mol. The molecule has 2 rings (SSSR count). The molecule has 0 saturated heterocycles. The molecule has 90 valence electrons. The van der Waals surface area contributed by atoms with Gasteiger partial charge in [-0.15, -0.1) is 0 Å². The number of hydrogen-bond donors (Lipinski definition) is 2. The fraction of sp³-hybridized carbons (Fsp3) is 0.364. The fourth-order valence-corrected chi connectivity index (χ4v) is 1.66. The Bertz CT molecular complexity index is 469. The predicted molar refractivity (Wildman–Crippen MR) is 67.0 cm³/mol. The van der Waals surface area contributed by atoms with Gasteiger partial charge in [0.15, 0.2) is 0 Å². The van der Waals surface area contributed by atoms with E-state index in [1.807, 2.05) is 6.20 Å². The Kier molecular flexibility index (Phi) is 3.93. The van der Waals surface area contributed by atoms with Gasteiger partial charge in [0.1, 0.15) is 16.8 Å². The van der Waals surface area contributed by atoms with Crippen LogP contribution < -0.4 is 5.32 Å². The first-order valence-corrected chi connectivity index (χ1v) is 5.90. The van der Waals surface area contributed by atoms with E-state index in [0.29, 0.717) is 11.7 Å². The second kappa shape index (κ2) is 5.63. The zero-order chi connectivity index (χ0) is 12.1. The van der Waals surface area contributed by atoms with Gasteiger partial charge in [0, 0.05) is 30.8 Å². The van der Waals surface area contributed by atoms with Crippen molar-refractivity contribution in [3.63, 3.8) is 0 Å². The molecule has 0 aromatic carbocycles. The fourth-order valence-electron chi connectivity index (χ4n) is 1.46. The minimum absolute atomic E-state index is 0.471. The van der Waals surface area contributed by atoms with Crippen LogP contribution in [0, 0.1) is 0 Å². The number of halogens is 1. The van der Waals surface area contributed by atoms with Crippen LogP contribution in [-0.2, 0) is 13.0 Å². The minimum Gasteiger partial charge on any atom is -0.366 e. The topological polar surface area (TPSA) is 66.5 Å². The normalized spacial score (nSPS) is 10.5. The Hall–Kier alpha value is -1.62. The van der Waals surface area contributed by atoms with Gasteiger partial charge in [-0.25, -0.2) is 9.97 Å². The number of nitrogens with zero attached hydrogens (tertiary/aromatic N) is 3. The Morgan fingerprint density at radius 3 is 3.00 bits per heavy atom. The summed E-state index contributed by atoms with van der Waals surface area (Å²) >= 11 is 5.94. The average Bonchev–Trinajstić information content (AvgIpc) is 2.79. The molecule has 2 aromatic rings. The van der Waals surface area contributed by atoms with E-state index in [1.165, 1.54) is 0 Å². The Balaban J connectivity index is 2.04. The van der Waals surface area contributed by atoms with Crippen molar-refractivity contribution in [2.45, 2.75) is 26.3 Å². The third kappa shape index (κ3) is 3.42. The van der Waals surface area contributed by atoms with Gasteiger partial charge in [-0.05, 0) is 6.42 Å². The van der Waals surface area contributed by atoms with Crippen molar-refractivity contribution in [3.05, 3.63) is 35.0 Å². The third-order valence-corrected chi connectivity index (χ3v) is 2.44. The first kappa shape index (κ1) is 11.9. The Morgan fingerprint density at radius 1 is 1.41 bits per heavy atom. The summed E-state index contributed by atoms with van der Waals surface area (Å²) in [5, 5.41) is 10.3. The predicted octanol–water partition coefficient (Wildman–Crippen LogP) is 2.42. The quantitative estimate of drug-likeness (QED) is 0.801. The molecule has 0 radical (unpaired) electrons. The number of rotatable bonds is 5. The monoisotopic (exact) mass is 251 g/mol. The first-order valence-electron chi connectivity index (χ1n) is 5.53. The van der Waals surface area contributed by atoms with Gasteiger partial charge >= 0.3 is 0 Å². The lowest BCUT2D eigenvalue weighted by molar-refractivity contribution is 0.834. The van der Waals surface area contributed by atoms with Gasteiger partial charge in [0.2, 0.25) is 0 Å². The summed E-state index contributed by atoms with van der Waals surface area (Å²) in [5.41, 5.74) is 1.07. The highest BCUT2D eigenvalue weighted by Gasteiger charge is 2.03. The molecule has 0 saturated carbocycles.